The molecule has 0 fully saturated rings. The number of carbonyl (C=O) groups excluding carboxylic acids is 1. The maximum Gasteiger partial charge on any atom is 0.306 e. The molecule has 4 rings (SSSR count). The minimum absolute atomic E-state index is 0.0447. The maximum absolute atomic E-state index is 12.2. The first-order valence-electron chi connectivity index (χ1n) is 10.8. The van der Waals surface area contributed by atoms with Crippen molar-refractivity contribution in [2.24, 2.45) is 4.99 Å². The second kappa shape index (κ2) is 10.3. The third-order valence-electron chi connectivity index (χ3n) is 5.36. The normalized spacial score (nSPS) is 12.5. The van der Waals surface area contributed by atoms with Crippen LogP contribution in [0.3, 0.4) is 0 Å². The molecule has 8 heteroatoms. The molecular formula is C24H24Cl2N4O2. The largest absolute Gasteiger partial charge is 0.457 e. The molecule has 2 heterocycles. The molecule has 0 bridgehead atoms. The van der Waals surface area contributed by atoms with Gasteiger partial charge in [-0.25, -0.2) is 0 Å². The number of halogens is 2. The average Bonchev–Trinajstić information content (AvgIpc) is 3.12. The Hall–Kier alpha value is -2.70. The van der Waals surface area contributed by atoms with Crippen molar-refractivity contribution in [3.8, 4) is 5.69 Å². The fourth-order valence-corrected chi connectivity index (χ4v) is 4.15. The number of aromatic nitrogens is 3. The molecule has 6 nitrogen and oxygen atoms in total. The van der Waals surface area contributed by atoms with Crippen LogP contribution in [0.1, 0.15) is 61.8 Å². The molecule has 3 aromatic rings. The molecule has 1 aliphatic heterocycles. The van der Waals surface area contributed by atoms with Gasteiger partial charge in [0.05, 0.1) is 11.4 Å². The van der Waals surface area contributed by atoms with E-state index in [0.717, 1.165) is 48.2 Å². The van der Waals surface area contributed by atoms with Gasteiger partial charge in [0.25, 0.3) is 0 Å². The number of ether oxygens (including phenoxy) is 1. The summed E-state index contributed by atoms with van der Waals surface area (Å²) in [5, 5.41) is 9.75. The van der Waals surface area contributed by atoms with Gasteiger partial charge in [-0.1, -0.05) is 67.6 Å². The third-order valence-corrected chi connectivity index (χ3v) is 5.92. The van der Waals surface area contributed by atoms with Crippen LogP contribution in [-0.4, -0.2) is 26.4 Å². The number of carbonyl (C=O) groups is 1. The molecule has 0 saturated carbocycles. The lowest BCUT2D eigenvalue weighted by Gasteiger charge is -2.14. The summed E-state index contributed by atoms with van der Waals surface area (Å²) in [5.41, 5.74) is 3.18. The van der Waals surface area contributed by atoms with Crippen LogP contribution in [0.2, 0.25) is 10.0 Å². The molecule has 0 aliphatic carbocycles. The van der Waals surface area contributed by atoms with E-state index < -0.39 is 0 Å². The van der Waals surface area contributed by atoms with E-state index in [0.29, 0.717) is 34.7 Å². The molecule has 166 valence electrons. The van der Waals surface area contributed by atoms with Crippen LogP contribution >= 0.6 is 23.2 Å². The highest BCUT2D eigenvalue weighted by molar-refractivity contribution is 6.36. The van der Waals surface area contributed by atoms with Gasteiger partial charge in [0.1, 0.15) is 6.54 Å². The number of nitrogens with zero attached hydrogens (tertiary/aromatic N) is 4. The molecule has 32 heavy (non-hydrogen) atoms. The Balaban J connectivity index is 1.63. The van der Waals surface area contributed by atoms with Crippen molar-refractivity contribution < 1.29 is 9.53 Å². The first kappa shape index (κ1) is 22.5. The van der Waals surface area contributed by atoms with E-state index in [1.54, 1.807) is 0 Å². The fourth-order valence-electron chi connectivity index (χ4n) is 3.75. The lowest BCUT2D eigenvalue weighted by atomic mass is 10.0. The molecule has 1 aliphatic rings. The van der Waals surface area contributed by atoms with Crippen molar-refractivity contribution in [1.29, 1.82) is 0 Å². The zero-order chi connectivity index (χ0) is 22.5. The SMILES string of the molecule is CCCCCCC(=O)OCc1nnc2n1-c1ccc(Cl)cc1C(c1ccccc1Cl)=NC2. The molecule has 0 atom stereocenters. The average molecular weight is 471 g/mol. The van der Waals surface area contributed by atoms with Crippen molar-refractivity contribution in [3.63, 3.8) is 0 Å². The van der Waals surface area contributed by atoms with Gasteiger partial charge in [0.15, 0.2) is 18.3 Å². The molecule has 2 aromatic carbocycles. The monoisotopic (exact) mass is 470 g/mol. The fraction of sp³-hybridized carbons (Fsp3) is 0.333. The quantitative estimate of drug-likeness (QED) is 0.301. The predicted octanol–water partition coefficient (Wildman–Crippen LogP) is 5.94. The van der Waals surface area contributed by atoms with Crippen LogP contribution in [0.25, 0.3) is 5.69 Å². The lowest BCUT2D eigenvalue weighted by Crippen LogP contribution is -2.12. The first-order valence-corrected chi connectivity index (χ1v) is 11.5. The Labute approximate surface area is 197 Å². The molecule has 0 saturated heterocycles. The smallest absolute Gasteiger partial charge is 0.306 e. The standard InChI is InChI=1S/C24H24Cl2N4O2/c1-2-3-4-5-10-23(31)32-15-22-29-28-21-14-27-24(17-8-6-7-9-19(17)26)18-13-16(25)11-12-20(18)30(21)22/h6-9,11-13H,2-5,10,14-15H2,1H3. The summed E-state index contributed by atoms with van der Waals surface area (Å²) in [7, 11) is 0. The van der Waals surface area contributed by atoms with Gasteiger partial charge in [-0.2, -0.15) is 0 Å². The van der Waals surface area contributed by atoms with E-state index in [-0.39, 0.29) is 12.6 Å². The molecule has 0 radical (unpaired) electrons. The highest BCUT2D eigenvalue weighted by atomic mass is 35.5. The van der Waals surface area contributed by atoms with Crippen LogP contribution in [0.4, 0.5) is 0 Å². The highest BCUT2D eigenvalue weighted by Crippen LogP contribution is 2.30. The highest BCUT2D eigenvalue weighted by Gasteiger charge is 2.24. The summed E-state index contributed by atoms with van der Waals surface area (Å²) in [6.07, 6.45) is 4.52. The molecule has 1 aromatic heterocycles. The molecule has 0 amide bonds. The second-order valence-corrected chi connectivity index (χ2v) is 8.49. The molecule has 0 spiro atoms. The van der Waals surface area contributed by atoms with E-state index in [2.05, 4.69) is 17.1 Å². The van der Waals surface area contributed by atoms with Crippen molar-refractivity contribution >= 4 is 34.9 Å². The first-order chi connectivity index (χ1) is 15.6. The summed E-state index contributed by atoms with van der Waals surface area (Å²) in [4.78, 5) is 17.0. The summed E-state index contributed by atoms with van der Waals surface area (Å²) in [6, 6.07) is 13.1. The molecular weight excluding hydrogens is 447 g/mol. The zero-order valence-corrected chi connectivity index (χ0v) is 19.4. The van der Waals surface area contributed by atoms with Gasteiger partial charge in [-0.15, -0.1) is 10.2 Å². The Kier molecular flexibility index (Phi) is 7.22. The summed E-state index contributed by atoms with van der Waals surface area (Å²) in [6.45, 7) is 2.50. The zero-order valence-electron chi connectivity index (χ0n) is 17.9. The van der Waals surface area contributed by atoms with Gasteiger partial charge >= 0.3 is 5.97 Å². The minimum atomic E-state index is -0.226. The topological polar surface area (TPSA) is 69.4 Å². The predicted molar refractivity (Wildman–Crippen MR) is 126 cm³/mol. The lowest BCUT2D eigenvalue weighted by molar-refractivity contribution is -0.145. The number of rotatable bonds is 8. The van der Waals surface area contributed by atoms with Crippen LogP contribution in [-0.2, 0) is 22.7 Å². The van der Waals surface area contributed by atoms with Gasteiger partial charge in [-0.3, -0.25) is 14.4 Å². The van der Waals surface area contributed by atoms with Crippen molar-refractivity contribution in [1.82, 2.24) is 14.8 Å². The number of aliphatic imine (C=N–C) groups is 1. The molecule has 0 unspecified atom stereocenters. The number of benzene rings is 2. The van der Waals surface area contributed by atoms with E-state index >= 15 is 0 Å². The maximum atomic E-state index is 12.2. The summed E-state index contributed by atoms with van der Waals surface area (Å²) < 4.78 is 7.39. The summed E-state index contributed by atoms with van der Waals surface area (Å²) >= 11 is 12.8. The van der Waals surface area contributed by atoms with Gasteiger partial charge in [-0.05, 0) is 30.7 Å². The van der Waals surface area contributed by atoms with Crippen molar-refractivity contribution in [3.05, 3.63) is 75.3 Å². The molecule has 0 N–H and O–H groups in total. The van der Waals surface area contributed by atoms with Gasteiger partial charge in [0, 0.05) is 27.6 Å². The Bertz CT molecular complexity index is 1160. The second-order valence-electron chi connectivity index (χ2n) is 7.65. The van der Waals surface area contributed by atoms with E-state index in [9.17, 15) is 4.79 Å². The van der Waals surface area contributed by atoms with E-state index in [4.69, 9.17) is 32.9 Å². The van der Waals surface area contributed by atoms with Crippen molar-refractivity contribution in [2.75, 3.05) is 0 Å². The Morgan fingerprint density at radius 2 is 1.91 bits per heavy atom. The number of hydrogen-bond donors (Lipinski definition) is 0. The van der Waals surface area contributed by atoms with Crippen molar-refractivity contribution in [2.45, 2.75) is 52.2 Å². The Morgan fingerprint density at radius 1 is 1.06 bits per heavy atom. The van der Waals surface area contributed by atoms with E-state index in [1.165, 1.54) is 0 Å². The van der Waals surface area contributed by atoms with Crippen LogP contribution < -0.4 is 0 Å². The van der Waals surface area contributed by atoms with Crippen LogP contribution in [0, 0.1) is 0 Å². The number of esters is 1. The minimum Gasteiger partial charge on any atom is -0.457 e. The van der Waals surface area contributed by atoms with Gasteiger partial charge in [0.2, 0.25) is 0 Å². The van der Waals surface area contributed by atoms with Gasteiger partial charge < -0.3 is 4.74 Å². The number of hydrogen-bond acceptors (Lipinski definition) is 5. The Morgan fingerprint density at radius 3 is 2.72 bits per heavy atom. The van der Waals surface area contributed by atoms with Crippen LogP contribution in [0.5, 0.6) is 0 Å². The summed E-state index contributed by atoms with van der Waals surface area (Å²) in [5.74, 6) is 0.974. The number of fused-ring (bicyclic) bond motifs is 3. The third kappa shape index (κ3) is 4.87. The van der Waals surface area contributed by atoms with E-state index in [1.807, 2.05) is 47.0 Å². The van der Waals surface area contributed by atoms with Crippen LogP contribution in [0.15, 0.2) is 47.5 Å². The number of unbranched alkanes of at least 4 members (excludes halogenated alkanes) is 3.